The van der Waals surface area contributed by atoms with Crippen LogP contribution in [-0.2, 0) is 14.3 Å². The van der Waals surface area contributed by atoms with Gasteiger partial charge in [-0.1, -0.05) is 53.2 Å². The van der Waals surface area contributed by atoms with Crippen LogP contribution < -0.4 is 0 Å². The van der Waals surface area contributed by atoms with Crippen LogP contribution in [0.1, 0.15) is 138 Å². The van der Waals surface area contributed by atoms with Crippen molar-refractivity contribution >= 4 is 5.97 Å². The monoisotopic (exact) mass is 564 g/mol. The molecule has 0 aromatic carbocycles. The second-order valence-corrected chi connectivity index (χ2v) is 13.5. The van der Waals surface area contributed by atoms with Crippen LogP contribution in [0.25, 0.3) is 0 Å². The molecule has 0 saturated heterocycles. The molecule has 7 atom stereocenters. The minimum absolute atomic E-state index is 0. The zero-order valence-corrected chi connectivity index (χ0v) is 26.1. The largest absolute Gasteiger partial charge is 0.469 e. The molecular formula is C35H64O5. The topological polar surface area (TPSA) is 76.0 Å². The summed E-state index contributed by atoms with van der Waals surface area (Å²) in [5, 5.41) is 18.0. The van der Waals surface area contributed by atoms with Gasteiger partial charge < -0.3 is 19.7 Å². The van der Waals surface area contributed by atoms with Crippen molar-refractivity contribution in [3.8, 4) is 0 Å². The van der Waals surface area contributed by atoms with Gasteiger partial charge in [0.1, 0.15) is 0 Å². The number of methoxy groups -OCH3 is 1. The summed E-state index contributed by atoms with van der Waals surface area (Å²) in [6, 6.07) is 0. The van der Waals surface area contributed by atoms with E-state index in [0.29, 0.717) is 30.0 Å². The molecule has 2 N–H and O–H groups in total. The Morgan fingerprint density at radius 2 is 1.73 bits per heavy atom. The third kappa shape index (κ3) is 7.53. The van der Waals surface area contributed by atoms with E-state index in [9.17, 15) is 9.90 Å². The number of ether oxygens (including phenoxy) is 2. The quantitative estimate of drug-likeness (QED) is 0.176. The zero-order chi connectivity index (χ0) is 28.7. The SMILES string of the molecule is C.CC.CCO.COC(=O)CCCCC1CCC2C3CC=C4CC(OCC5(O)CCC5)CCC4(C)C3CCC12C. The van der Waals surface area contributed by atoms with E-state index in [1.165, 1.54) is 52.1 Å². The van der Waals surface area contributed by atoms with Gasteiger partial charge in [0, 0.05) is 13.0 Å². The second kappa shape index (κ2) is 15.5. The van der Waals surface area contributed by atoms with Crippen molar-refractivity contribution in [3.05, 3.63) is 11.6 Å². The Kier molecular flexibility index (Phi) is 13.7. The fraction of sp³-hybridized carbons (Fsp3) is 0.914. The summed E-state index contributed by atoms with van der Waals surface area (Å²) in [7, 11) is 1.49. The average Bonchev–Trinajstić information content (AvgIpc) is 3.26. The molecule has 234 valence electrons. The van der Waals surface area contributed by atoms with Gasteiger partial charge in [-0.3, -0.25) is 4.79 Å². The number of fused-ring (bicyclic) bond motifs is 5. The number of unbranched alkanes of at least 4 members (excludes halogenated alkanes) is 1. The van der Waals surface area contributed by atoms with E-state index in [2.05, 4.69) is 19.9 Å². The Hall–Kier alpha value is -0.910. The van der Waals surface area contributed by atoms with Gasteiger partial charge in [0.15, 0.2) is 0 Å². The molecule has 0 aliphatic heterocycles. The maximum Gasteiger partial charge on any atom is 0.305 e. The van der Waals surface area contributed by atoms with Gasteiger partial charge in [-0.2, -0.15) is 0 Å². The molecule has 5 aliphatic rings. The van der Waals surface area contributed by atoms with Gasteiger partial charge in [-0.15, -0.1) is 0 Å². The first-order valence-corrected chi connectivity index (χ1v) is 16.4. The molecular weight excluding hydrogens is 500 g/mol. The lowest BCUT2D eigenvalue weighted by molar-refractivity contribution is -0.140. The highest BCUT2D eigenvalue weighted by molar-refractivity contribution is 5.68. The molecule has 0 aromatic rings. The molecule has 40 heavy (non-hydrogen) atoms. The van der Waals surface area contributed by atoms with Crippen LogP contribution in [0.3, 0.4) is 0 Å². The predicted molar refractivity (Wildman–Crippen MR) is 165 cm³/mol. The molecule has 0 amide bonds. The molecule has 0 bridgehead atoms. The number of carbonyl (C=O) groups is 1. The smallest absolute Gasteiger partial charge is 0.305 e. The molecule has 0 heterocycles. The summed E-state index contributed by atoms with van der Waals surface area (Å²) in [6.07, 6.45) is 20.2. The van der Waals surface area contributed by atoms with Crippen LogP contribution in [0.5, 0.6) is 0 Å². The van der Waals surface area contributed by atoms with Crippen LogP contribution in [0.2, 0.25) is 0 Å². The molecule has 0 radical (unpaired) electrons. The molecule has 5 heteroatoms. The fourth-order valence-corrected chi connectivity index (χ4v) is 9.12. The van der Waals surface area contributed by atoms with Crippen LogP contribution in [0, 0.1) is 34.5 Å². The normalized spacial score (nSPS) is 36.8. The van der Waals surface area contributed by atoms with Gasteiger partial charge >= 0.3 is 5.97 Å². The van der Waals surface area contributed by atoms with Gasteiger partial charge in [0.05, 0.1) is 25.4 Å². The summed E-state index contributed by atoms with van der Waals surface area (Å²) in [5.74, 6) is 3.32. The van der Waals surface area contributed by atoms with Crippen LogP contribution in [-0.4, -0.2) is 48.2 Å². The molecule has 0 aromatic heterocycles. The highest BCUT2D eigenvalue weighted by Crippen LogP contribution is 2.66. The lowest BCUT2D eigenvalue weighted by Gasteiger charge is -2.58. The van der Waals surface area contributed by atoms with Crippen molar-refractivity contribution in [2.75, 3.05) is 20.3 Å². The molecule has 5 nitrogen and oxygen atoms in total. The van der Waals surface area contributed by atoms with Crippen LogP contribution in [0.15, 0.2) is 11.6 Å². The first-order chi connectivity index (χ1) is 18.7. The van der Waals surface area contributed by atoms with E-state index in [0.717, 1.165) is 68.6 Å². The Labute approximate surface area is 246 Å². The standard InChI is InChI=1S/C30H48O4.C2H6O.C2H6.CH4/c1-28-18-14-26-24(25(28)12-10-21(28)7-4-5-8-27(31)33-3)11-9-22-19-23(13-17-29(22,26)2)34-20-30(32)15-6-16-30;1-2-3;1-2;/h9,21,23-26,32H,4-8,10-20H2,1-3H3;3H,2H2,1H3;1-2H3;1H4. The highest BCUT2D eigenvalue weighted by atomic mass is 16.5. The molecule has 5 rings (SSSR count). The van der Waals surface area contributed by atoms with Crippen molar-refractivity contribution < 1.29 is 24.5 Å². The van der Waals surface area contributed by atoms with E-state index >= 15 is 0 Å². The van der Waals surface area contributed by atoms with Crippen molar-refractivity contribution in [3.63, 3.8) is 0 Å². The van der Waals surface area contributed by atoms with Crippen LogP contribution in [0.4, 0.5) is 0 Å². The molecule has 0 spiro atoms. The molecule has 4 fully saturated rings. The number of hydrogen-bond donors (Lipinski definition) is 2. The Morgan fingerprint density at radius 3 is 2.35 bits per heavy atom. The number of aliphatic hydroxyl groups excluding tert-OH is 1. The molecule has 5 aliphatic carbocycles. The summed E-state index contributed by atoms with van der Waals surface area (Å²) in [6.45, 7) is 11.7. The summed E-state index contributed by atoms with van der Waals surface area (Å²) >= 11 is 0. The minimum Gasteiger partial charge on any atom is -0.469 e. The van der Waals surface area contributed by atoms with Crippen molar-refractivity contribution in [2.24, 2.45) is 34.5 Å². The maximum atomic E-state index is 11.5. The van der Waals surface area contributed by atoms with Gasteiger partial charge in [0.2, 0.25) is 0 Å². The lowest BCUT2D eigenvalue weighted by Crippen LogP contribution is -2.51. The molecule has 7 unspecified atom stereocenters. The third-order valence-electron chi connectivity index (χ3n) is 11.5. The van der Waals surface area contributed by atoms with Gasteiger partial charge in [-0.25, -0.2) is 0 Å². The number of rotatable bonds is 8. The van der Waals surface area contributed by atoms with E-state index in [1.807, 2.05) is 13.8 Å². The highest BCUT2D eigenvalue weighted by Gasteiger charge is 2.58. The van der Waals surface area contributed by atoms with E-state index in [4.69, 9.17) is 14.6 Å². The first kappa shape index (κ1) is 35.3. The van der Waals surface area contributed by atoms with Gasteiger partial charge in [-0.05, 0) is 125 Å². The van der Waals surface area contributed by atoms with E-state index < -0.39 is 5.60 Å². The van der Waals surface area contributed by atoms with Crippen molar-refractivity contribution in [1.29, 1.82) is 0 Å². The van der Waals surface area contributed by atoms with Crippen molar-refractivity contribution in [1.82, 2.24) is 0 Å². The molecule has 4 saturated carbocycles. The number of allylic oxidation sites excluding steroid dienone is 1. The predicted octanol–water partition coefficient (Wildman–Crippen LogP) is 8.26. The lowest BCUT2D eigenvalue weighted by atomic mass is 9.47. The Bertz CT molecular complexity index is 804. The number of esters is 1. The maximum absolute atomic E-state index is 11.5. The zero-order valence-electron chi connectivity index (χ0n) is 26.1. The Morgan fingerprint density at radius 1 is 1.02 bits per heavy atom. The summed E-state index contributed by atoms with van der Waals surface area (Å²) in [4.78, 5) is 11.5. The second-order valence-electron chi connectivity index (χ2n) is 13.5. The number of carbonyl (C=O) groups excluding carboxylic acids is 1. The first-order valence-electron chi connectivity index (χ1n) is 16.4. The summed E-state index contributed by atoms with van der Waals surface area (Å²) in [5.41, 5.74) is 1.99. The summed E-state index contributed by atoms with van der Waals surface area (Å²) < 4.78 is 11.1. The van der Waals surface area contributed by atoms with Crippen molar-refractivity contribution in [2.45, 2.75) is 150 Å². The minimum atomic E-state index is -0.529. The van der Waals surface area contributed by atoms with Crippen LogP contribution >= 0.6 is 0 Å². The third-order valence-corrected chi connectivity index (χ3v) is 11.5. The average molecular weight is 565 g/mol. The van der Waals surface area contributed by atoms with E-state index in [1.54, 1.807) is 12.5 Å². The number of hydrogen-bond acceptors (Lipinski definition) is 5. The number of aliphatic hydroxyl groups is 2. The van der Waals surface area contributed by atoms with E-state index in [-0.39, 0.29) is 20.0 Å². The Balaban J connectivity index is 0.000000877. The fourth-order valence-electron chi connectivity index (χ4n) is 9.12. The van der Waals surface area contributed by atoms with Gasteiger partial charge in [0.25, 0.3) is 0 Å².